The Hall–Kier alpha value is -1.33. The van der Waals surface area contributed by atoms with Crippen molar-refractivity contribution < 1.29 is 0 Å². The van der Waals surface area contributed by atoms with Gasteiger partial charge in [0.15, 0.2) is 0 Å². The third-order valence-corrected chi connectivity index (χ3v) is 3.92. The van der Waals surface area contributed by atoms with E-state index in [4.69, 9.17) is 4.98 Å². The first-order chi connectivity index (χ1) is 8.34. The summed E-state index contributed by atoms with van der Waals surface area (Å²) in [6, 6.07) is 4.19. The molecule has 90 valence electrons. The van der Waals surface area contributed by atoms with Gasteiger partial charge in [0.1, 0.15) is 5.69 Å². The van der Waals surface area contributed by atoms with E-state index in [2.05, 4.69) is 39.6 Å². The van der Waals surface area contributed by atoms with Crippen LogP contribution in [0.4, 0.5) is 5.95 Å². The molecule has 1 aliphatic rings. The highest BCUT2D eigenvalue weighted by Gasteiger charge is 2.16. The number of rotatable bonds is 2. The number of piperazine rings is 1. The summed E-state index contributed by atoms with van der Waals surface area (Å²) >= 11 is 1.74. The van der Waals surface area contributed by atoms with Gasteiger partial charge >= 0.3 is 0 Å². The molecule has 3 heterocycles. The first-order valence-electron chi connectivity index (χ1n) is 5.91. The van der Waals surface area contributed by atoms with Gasteiger partial charge in [0, 0.05) is 31.9 Å². The molecule has 2 aromatic heterocycles. The SMILES string of the molecule is Cc1[nH]c(N2CCNCC2)nc1-c1cccs1. The van der Waals surface area contributed by atoms with Crippen LogP contribution in [0.15, 0.2) is 17.5 Å². The molecule has 2 N–H and O–H groups in total. The van der Waals surface area contributed by atoms with E-state index in [9.17, 15) is 0 Å². The molecule has 3 rings (SSSR count). The van der Waals surface area contributed by atoms with Gasteiger partial charge in [-0.05, 0) is 18.4 Å². The standard InChI is InChI=1S/C12H16N4S/c1-9-11(10-3-2-8-17-10)15-12(14-9)16-6-4-13-5-7-16/h2-3,8,13H,4-7H2,1H3,(H,14,15). The largest absolute Gasteiger partial charge is 0.340 e. The number of aryl methyl sites for hydroxylation is 1. The van der Waals surface area contributed by atoms with Crippen molar-refractivity contribution in [1.29, 1.82) is 0 Å². The minimum absolute atomic E-state index is 1.01. The fourth-order valence-electron chi connectivity index (χ4n) is 2.12. The van der Waals surface area contributed by atoms with Crippen LogP contribution in [0.25, 0.3) is 10.6 Å². The third-order valence-electron chi connectivity index (χ3n) is 3.04. The number of nitrogens with one attached hydrogen (secondary N) is 2. The number of hydrogen-bond donors (Lipinski definition) is 2. The number of hydrogen-bond acceptors (Lipinski definition) is 4. The summed E-state index contributed by atoms with van der Waals surface area (Å²) in [5, 5.41) is 5.44. The minimum atomic E-state index is 1.01. The molecule has 4 nitrogen and oxygen atoms in total. The van der Waals surface area contributed by atoms with Crippen LogP contribution < -0.4 is 10.2 Å². The number of nitrogens with zero attached hydrogens (tertiary/aromatic N) is 2. The lowest BCUT2D eigenvalue weighted by Gasteiger charge is -2.26. The van der Waals surface area contributed by atoms with Crippen LogP contribution in [-0.2, 0) is 0 Å². The van der Waals surface area contributed by atoms with Crippen molar-refractivity contribution in [2.75, 3.05) is 31.1 Å². The predicted molar refractivity (Wildman–Crippen MR) is 71.7 cm³/mol. The topological polar surface area (TPSA) is 44.0 Å². The summed E-state index contributed by atoms with van der Waals surface area (Å²) in [4.78, 5) is 11.7. The van der Waals surface area contributed by atoms with Crippen LogP contribution >= 0.6 is 11.3 Å². The maximum atomic E-state index is 4.73. The predicted octanol–water partition coefficient (Wildman–Crippen LogP) is 1.86. The Morgan fingerprint density at radius 2 is 2.18 bits per heavy atom. The van der Waals surface area contributed by atoms with E-state index in [0.29, 0.717) is 0 Å². The average molecular weight is 248 g/mol. The molecule has 5 heteroatoms. The Morgan fingerprint density at radius 3 is 2.88 bits per heavy atom. The number of H-pyrrole nitrogens is 1. The van der Waals surface area contributed by atoms with E-state index >= 15 is 0 Å². The Bertz CT molecular complexity index is 483. The van der Waals surface area contributed by atoms with E-state index in [-0.39, 0.29) is 0 Å². The number of anilines is 1. The van der Waals surface area contributed by atoms with Crippen molar-refractivity contribution in [3.05, 3.63) is 23.2 Å². The average Bonchev–Trinajstić information content (AvgIpc) is 2.99. The van der Waals surface area contributed by atoms with Gasteiger partial charge in [-0.3, -0.25) is 0 Å². The second-order valence-corrected chi connectivity index (χ2v) is 5.20. The van der Waals surface area contributed by atoms with Crippen molar-refractivity contribution in [3.63, 3.8) is 0 Å². The molecule has 1 fully saturated rings. The van der Waals surface area contributed by atoms with E-state index < -0.39 is 0 Å². The highest BCUT2D eigenvalue weighted by molar-refractivity contribution is 7.13. The number of thiophene rings is 1. The summed E-state index contributed by atoms with van der Waals surface area (Å²) in [5.41, 5.74) is 2.24. The van der Waals surface area contributed by atoms with Crippen LogP contribution in [0, 0.1) is 6.92 Å². The molecule has 0 unspecified atom stereocenters. The molecular weight excluding hydrogens is 232 g/mol. The van der Waals surface area contributed by atoms with E-state index in [1.165, 1.54) is 4.88 Å². The molecule has 1 aliphatic heterocycles. The second kappa shape index (κ2) is 4.50. The number of aromatic nitrogens is 2. The van der Waals surface area contributed by atoms with Crippen molar-refractivity contribution in [3.8, 4) is 10.6 Å². The zero-order valence-corrected chi connectivity index (χ0v) is 10.7. The maximum absolute atomic E-state index is 4.73. The Labute approximate surface area is 105 Å². The van der Waals surface area contributed by atoms with Gasteiger partial charge in [-0.2, -0.15) is 0 Å². The lowest BCUT2D eigenvalue weighted by molar-refractivity contribution is 0.581. The molecule has 0 bridgehead atoms. The number of aromatic amines is 1. The highest BCUT2D eigenvalue weighted by Crippen LogP contribution is 2.28. The molecule has 0 saturated carbocycles. The fraction of sp³-hybridized carbons (Fsp3) is 0.417. The van der Waals surface area contributed by atoms with Crippen molar-refractivity contribution in [2.24, 2.45) is 0 Å². The van der Waals surface area contributed by atoms with E-state index in [0.717, 1.165) is 43.5 Å². The zero-order valence-electron chi connectivity index (χ0n) is 9.86. The van der Waals surface area contributed by atoms with Crippen molar-refractivity contribution in [2.45, 2.75) is 6.92 Å². The van der Waals surface area contributed by atoms with E-state index in [1.54, 1.807) is 11.3 Å². The van der Waals surface area contributed by atoms with Crippen LogP contribution in [0.5, 0.6) is 0 Å². The van der Waals surface area contributed by atoms with Gasteiger partial charge in [-0.1, -0.05) is 6.07 Å². The summed E-state index contributed by atoms with van der Waals surface area (Å²) in [5.74, 6) is 1.01. The Kier molecular flexibility index (Phi) is 2.86. The quantitative estimate of drug-likeness (QED) is 0.852. The van der Waals surface area contributed by atoms with Crippen LogP contribution in [0.1, 0.15) is 5.69 Å². The lowest BCUT2D eigenvalue weighted by Crippen LogP contribution is -2.44. The maximum Gasteiger partial charge on any atom is 0.203 e. The fourth-order valence-corrected chi connectivity index (χ4v) is 2.90. The molecule has 0 spiro atoms. The molecule has 0 radical (unpaired) electrons. The monoisotopic (exact) mass is 248 g/mol. The molecule has 2 aromatic rings. The highest BCUT2D eigenvalue weighted by atomic mass is 32.1. The number of imidazole rings is 1. The lowest BCUT2D eigenvalue weighted by atomic mass is 10.3. The van der Waals surface area contributed by atoms with Crippen molar-refractivity contribution >= 4 is 17.3 Å². The molecule has 1 saturated heterocycles. The van der Waals surface area contributed by atoms with Gasteiger partial charge < -0.3 is 15.2 Å². The molecule has 17 heavy (non-hydrogen) atoms. The van der Waals surface area contributed by atoms with Gasteiger partial charge in [-0.25, -0.2) is 4.98 Å². The van der Waals surface area contributed by atoms with Crippen LogP contribution in [-0.4, -0.2) is 36.1 Å². The Balaban J connectivity index is 1.90. The summed E-state index contributed by atoms with van der Waals surface area (Å²) < 4.78 is 0. The molecule has 0 aliphatic carbocycles. The van der Waals surface area contributed by atoms with Crippen LogP contribution in [0.3, 0.4) is 0 Å². The first-order valence-corrected chi connectivity index (χ1v) is 6.79. The molecule has 0 amide bonds. The molecule has 0 aromatic carbocycles. The van der Waals surface area contributed by atoms with Gasteiger partial charge in [0.25, 0.3) is 0 Å². The van der Waals surface area contributed by atoms with Gasteiger partial charge in [0.2, 0.25) is 5.95 Å². The van der Waals surface area contributed by atoms with Crippen LogP contribution in [0.2, 0.25) is 0 Å². The van der Waals surface area contributed by atoms with Crippen molar-refractivity contribution in [1.82, 2.24) is 15.3 Å². The molecule has 0 atom stereocenters. The van der Waals surface area contributed by atoms with E-state index in [1.807, 2.05) is 0 Å². The molecular formula is C12H16N4S. The first kappa shape index (κ1) is 10.8. The Morgan fingerprint density at radius 1 is 1.35 bits per heavy atom. The normalized spacial score (nSPS) is 16.4. The summed E-state index contributed by atoms with van der Waals surface area (Å²) in [7, 11) is 0. The minimum Gasteiger partial charge on any atom is -0.340 e. The summed E-state index contributed by atoms with van der Waals surface area (Å²) in [6.07, 6.45) is 0. The second-order valence-electron chi connectivity index (χ2n) is 4.25. The van der Waals surface area contributed by atoms with Gasteiger partial charge in [-0.15, -0.1) is 11.3 Å². The smallest absolute Gasteiger partial charge is 0.203 e. The zero-order chi connectivity index (χ0) is 11.7. The summed E-state index contributed by atoms with van der Waals surface area (Å²) in [6.45, 7) is 6.21. The third kappa shape index (κ3) is 2.08. The van der Waals surface area contributed by atoms with Gasteiger partial charge in [0.05, 0.1) is 4.88 Å².